The summed E-state index contributed by atoms with van der Waals surface area (Å²) in [6.07, 6.45) is 4.95. The van der Waals surface area contributed by atoms with Gasteiger partial charge in [0.05, 0.1) is 12.9 Å². The summed E-state index contributed by atoms with van der Waals surface area (Å²) in [6, 6.07) is 21.0. The number of rotatable bonds is 7. The molecule has 0 aliphatic carbocycles. The average molecular weight is 537 g/mol. The fourth-order valence-electron chi connectivity index (χ4n) is 5.03. The molecule has 1 fully saturated rings. The van der Waals surface area contributed by atoms with E-state index < -0.39 is 11.2 Å². The van der Waals surface area contributed by atoms with Gasteiger partial charge in [-0.25, -0.2) is 24.3 Å². The molecule has 5 aromatic rings. The molecule has 6 rings (SSSR count). The average Bonchev–Trinajstić information content (AvgIpc) is 3.42. The van der Waals surface area contributed by atoms with E-state index in [0.29, 0.717) is 49.8 Å². The number of piperazine rings is 1. The van der Waals surface area contributed by atoms with Gasteiger partial charge in [-0.1, -0.05) is 60.7 Å². The summed E-state index contributed by atoms with van der Waals surface area (Å²) in [4.78, 5) is 57.6. The Morgan fingerprint density at radius 2 is 1.35 bits per heavy atom. The van der Waals surface area contributed by atoms with Gasteiger partial charge in [-0.2, -0.15) is 0 Å². The molecular formula is C29H28N8O3. The summed E-state index contributed by atoms with van der Waals surface area (Å²) in [5, 5.41) is 0. The zero-order valence-corrected chi connectivity index (χ0v) is 21.8. The second-order valence-electron chi connectivity index (χ2n) is 9.69. The van der Waals surface area contributed by atoms with Gasteiger partial charge in [0.2, 0.25) is 11.9 Å². The van der Waals surface area contributed by atoms with Gasteiger partial charge < -0.3 is 14.4 Å². The Morgan fingerprint density at radius 1 is 0.725 bits per heavy atom. The first kappa shape index (κ1) is 25.2. The first-order chi connectivity index (χ1) is 19.6. The second-order valence-corrected chi connectivity index (χ2v) is 9.69. The lowest BCUT2D eigenvalue weighted by atomic mass is 10.2. The van der Waals surface area contributed by atoms with Gasteiger partial charge in [0.1, 0.15) is 6.54 Å². The van der Waals surface area contributed by atoms with Crippen molar-refractivity contribution < 1.29 is 4.79 Å². The van der Waals surface area contributed by atoms with E-state index in [9.17, 15) is 14.4 Å². The van der Waals surface area contributed by atoms with Gasteiger partial charge in [-0.15, -0.1) is 0 Å². The zero-order chi connectivity index (χ0) is 27.5. The highest BCUT2D eigenvalue weighted by molar-refractivity contribution is 5.77. The number of fused-ring (bicyclic) bond motifs is 1. The zero-order valence-electron chi connectivity index (χ0n) is 21.8. The van der Waals surface area contributed by atoms with Crippen molar-refractivity contribution in [2.45, 2.75) is 19.6 Å². The first-order valence-electron chi connectivity index (χ1n) is 13.1. The van der Waals surface area contributed by atoms with Crippen LogP contribution in [0.15, 0.2) is 95.0 Å². The Balaban J connectivity index is 1.33. The van der Waals surface area contributed by atoms with E-state index in [1.54, 1.807) is 34.3 Å². The summed E-state index contributed by atoms with van der Waals surface area (Å²) < 4.78 is 4.27. The van der Waals surface area contributed by atoms with Crippen molar-refractivity contribution in [1.29, 1.82) is 0 Å². The number of carbonyl (C=O) groups excluding carboxylic acids is 1. The van der Waals surface area contributed by atoms with E-state index in [1.807, 2.05) is 65.6 Å². The Morgan fingerprint density at radius 3 is 2.00 bits per heavy atom. The summed E-state index contributed by atoms with van der Waals surface area (Å²) in [5.41, 5.74) is 1.38. The third-order valence-electron chi connectivity index (χ3n) is 7.12. The van der Waals surface area contributed by atoms with Crippen molar-refractivity contribution in [3.8, 4) is 0 Å². The molecule has 11 nitrogen and oxygen atoms in total. The number of anilines is 1. The minimum absolute atomic E-state index is 0.225. The van der Waals surface area contributed by atoms with E-state index in [2.05, 4.69) is 15.0 Å². The van der Waals surface area contributed by atoms with Gasteiger partial charge in [0, 0.05) is 45.1 Å². The van der Waals surface area contributed by atoms with Crippen LogP contribution in [0.2, 0.25) is 0 Å². The SMILES string of the molecule is O=C(Cn1c(=O)c2c(ncn2Cc2ccccc2)n(Cc2ccccc2)c1=O)N1CCN(c2ncccn2)CC1. The number of amides is 1. The molecule has 40 heavy (non-hydrogen) atoms. The smallest absolute Gasteiger partial charge is 0.333 e. The van der Waals surface area contributed by atoms with Crippen molar-refractivity contribution in [3.63, 3.8) is 0 Å². The first-order valence-corrected chi connectivity index (χ1v) is 13.1. The normalized spacial score (nSPS) is 13.6. The van der Waals surface area contributed by atoms with Gasteiger partial charge in [0.15, 0.2) is 11.2 Å². The Hall–Kier alpha value is -5.06. The molecule has 0 bridgehead atoms. The van der Waals surface area contributed by atoms with Gasteiger partial charge in [0.25, 0.3) is 5.56 Å². The lowest BCUT2D eigenvalue weighted by molar-refractivity contribution is -0.132. The molecule has 4 heterocycles. The molecule has 1 amide bonds. The maximum absolute atomic E-state index is 13.8. The number of benzene rings is 2. The van der Waals surface area contributed by atoms with Crippen LogP contribution >= 0.6 is 0 Å². The van der Waals surface area contributed by atoms with E-state index in [0.717, 1.165) is 15.7 Å². The predicted octanol–water partition coefficient (Wildman–Crippen LogP) is 1.60. The van der Waals surface area contributed by atoms with Crippen LogP contribution in [0.5, 0.6) is 0 Å². The molecule has 0 saturated carbocycles. The number of hydrogen-bond acceptors (Lipinski definition) is 7. The highest BCUT2D eigenvalue weighted by Crippen LogP contribution is 2.13. The van der Waals surface area contributed by atoms with E-state index in [1.165, 1.54) is 4.57 Å². The Kier molecular flexibility index (Phi) is 6.92. The van der Waals surface area contributed by atoms with Crippen LogP contribution in [0.25, 0.3) is 11.2 Å². The van der Waals surface area contributed by atoms with E-state index in [-0.39, 0.29) is 19.0 Å². The van der Waals surface area contributed by atoms with E-state index in [4.69, 9.17) is 0 Å². The monoisotopic (exact) mass is 536 g/mol. The van der Waals surface area contributed by atoms with Crippen molar-refractivity contribution >= 4 is 23.0 Å². The summed E-state index contributed by atoms with van der Waals surface area (Å²) in [7, 11) is 0. The van der Waals surface area contributed by atoms with Crippen LogP contribution in [-0.4, -0.2) is 65.6 Å². The fourth-order valence-corrected chi connectivity index (χ4v) is 5.03. The molecule has 3 aromatic heterocycles. The van der Waals surface area contributed by atoms with Crippen LogP contribution in [0.1, 0.15) is 11.1 Å². The van der Waals surface area contributed by atoms with Crippen LogP contribution in [0.4, 0.5) is 5.95 Å². The van der Waals surface area contributed by atoms with Crippen LogP contribution < -0.4 is 16.1 Å². The number of imidazole rings is 1. The molecular weight excluding hydrogens is 508 g/mol. The van der Waals surface area contributed by atoms with Crippen molar-refractivity contribution in [2.75, 3.05) is 31.1 Å². The third kappa shape index (κ3) is 5.00. The number of aromatic nitrogens is 6. The van der Waals surface area contributed by atoms with Gasteiger partial charge >= 0.3 is 5.69 Å². The standard InChI is InChI=1S/C29H28N8O3/c38-24(33-14-16-34(17-15-33)28-30-12-7-13-31-28)20-37-27(39)25-26(32-21-35(25)18-22-8-3-1-4-9-22)36(29(37)40)19-23-10-5-2-6-11-23/h1-13,21H,14-20H2. The van der Waals surface area contributed by atoms with Crippen LogP contribution in [0.3, 0.4) is 0 Å². The van der Waals surface area contributed by atoms with Crippen molar-refractivity contribution in [3.05, 3.63) is 117 Å². The molecule has 0 unspecified atom stereocenters. The highest BCUT2D eigenvalue weighted by atomic mass is 16.2. The minimum atomic E-state index is -0.559. The molecule has 11 heteroatoms. The number of hydrogen-bond donors (Lipinski definition) is 0. The molecule has 1 aliphatic heterocycles. The molecule has 0 radical (unpaired) electrons. The van der Waals surface area contributed by atoms with Gasteiger partial charge in [-0.05, 0) is 17.2 Å². The fraction of sp³-hybridized carbons (Fsp3) is 0.241. The molecule has 2 aromatic carbocycles. The largest absolute Gasteiger partial charge is 0.338 e. The summed E-state index contributed by atoms with van der Waals surface area (Å²) in [5.74, 6) is 0.333. The maximum atomic E-state index is 13.8. The van der Waals surface area contributed by atoms with Crippen molar-refractivity contribution in [1.82, 2.24) is 33.6 Å². The molecule has 202 valence electrons. The Labute approximate surface area is 229 Å². The topological polar surface area (TPSA) is 111 Å². The van der Waals surface area contributed by atoms with Crippen molar-refractivity contribution in [2.24, 2.45) is 0 Å². The minimum Gasteiger partial charge on any atom is -0.338 e. The third-order valence-corrected chi connectivity index (χ3v) is 7.12. The maximum Gasteiger partial charge on any atom is 0.333 e. The predicted molar refractivity (Wildman–Crippen MR) is 150 cm³/mol. The summed E-state index contributed by atoms with van der Waals surface area (Å²) >= 11 is 0. The number of carbonyl (C=O) groups is 1. The lowest BCUT2D eigenvalue weighted by Gasteiger charge is -2.34. The summed E-state index contributed by atoms with van der Waals surface area (Å²) in [6.45, 7) is 2.30. The van der Waals surface area contributed by atoms with Crippen LogP contribution in [-0.2, 0) is 24.4 Å². The molecule has 1 saturated heterocycles. The second kappa shape index (κ2) is 11.0. The lowest BCUT2D eigenvalue weighted by Crippen LogP contribution is -2.52. The quantitative estimate of drug-likeness (QED) is 0.311. The molecule has 0 atom stereocenters. The molecule has 0 spiro atoms. The highest BCUT2D eigenvalue weighted by Gasteiger charge is 2.25. The number of nitrogens with zero attached hydrogens (tertiary/aromatic N) is 8. The van der Waals surface area contributed by atoms with Gasteiger partial charge in [-0.3, -0.25) is 14.2 Å². The molecule has 0 N–H and O–H groups in total. The van der Waals surface area contributed by atoms with Crippen LogP contribution in [0, 0.1) is 0 Å². The molecule has 1 aliphatic rings. The Bertz CT molecular complexity index is 1740. The van der Waals surface area contributed by atoms with E-state index >= 15 is 0 Å².